The van der Waals surface area contributed by atoms with Crippen molar-refractivity contribution >= 4 is 58.7 Å². The van der Waals surface area contributed by atoms with Crippen LogP contribution in [0.2, 0.25) is 10.0 Å². The van der Waals surface area contributed by atoms with Gasteiger partial charge in [0.15, 0.2) is 0 Å². The first-order valence-electron chi connectivity index (χ1n) is 14.5. The molecule has 0 fully saturated rings. The van der Waals surface area contributed by atoms with Crippen LogP contribution in [0.1, 0.15) is 56.6 Å². The minimum Gasteiger partial charge on any atom is -0.478 e. The number of thiol groups is 1. The van der Waals surface area contributed by atoms with Crippen molar-refractivity contribution < 1.29 is 14.7 Å². The summed E-state index contributed by atoms with van der Waals surface area (Å²) in [7, 11) is 0. The molecule has 6 nitrogen and oxygen atoms in total. The van der Waals surface area contributed by atoms with Gasteiger partial charge in [0.2, 0.25) is 0 Å². The molecule has 5 aromatic rings. The van der Waals surface area contributed by atoms with Crippen molar-refractivity contribution in [3.05, 3.63) is 123 Å². The molecular weight excluding hydrogens is 613 g/mol. The van der Waals surface area contributed by atoms with Crippen molar-refractivity contribution in [2.45, 2.75) is 45.7 Å². The molecular formula is C35H33Cl2N3O3S. The number of fused-ring (bicyclic) bond motifs is 1. The molecule has 0 aliphatic heterocycles. The highest BCUT2D eigenvalue weighted by atomic mass is 35.5. The highest BCUT2D eigenvalue weighted by Gasteiger charge is 2.19. The molecule has 0 saturated carbocycles. The van der Waals surface area contributed by atoms with Crippen LogP contribution in [0.4, 0.5) is 0 Å². The number of carbonyl (C=O) groups excluding carboxylic acids is 1. The first kappa shape index (κ1) is 31.6. The van der Waals surface area contributed by atoms with Gasteiger partial charge in [-0.3, -0.25) is 4.79 Å². The minimum atomic E-state index is -0.955. The molecule has 226 valence electrons. The summed E-state index contributed by atoms with van der Waals surface area (Å²) >= 11 is 16.9. The van der Waals surface area contributed by atoms with E-state index in [0.717, 1.165) is 52.0 Å². The Bertz CT molecular complexity index is 1840. The Kier molecular flexibility index (Phi) is 9.99. The quantitative estimate of drug-likeness (QED) is 0.126. The second-order valence-electron chi connectivity index (χ2n) is 10.9. The zero-order chi connectivity index (χ0) is 31.4. The Morgan fingerprint density at radius 3 is 2.45 bits per heavy atom. The number of amides is 1. The molecule has 4 aromatic carbocycles. The van der Waals surface area contributed by atoms with Crippen molar-refractivity contribution in [3.63, 3.8) is 0 Å². The van der Waals surface area contributed by atoms with Gasteiger partial charge in [0, 0.05) is 40.4 Å². The van der Waals surface area contributed by atoms with E-state index in [1.54, 1.807) is 24.3 Å². The van der Waals surface area contributed by atoms with Crippen LogP contribution in [-0.2, 0) is 19.4 Å². The Morgan fingerprint density at radius 1 is 1.02 bits per heavy atom. The van der Waals surface area contributed by atoms with Crippen LogP contribution in [0.15, 0.2) is 78.9 Å². The molecule has 5 rings (SSSR count). The normalized spacial score (nSPS) is 11.9. The van der Waals surface area contributed by atoms with E-state index in [-0.39, 0.29) is 17.5 Å². The molecule has 1 aromatic heterocycles. The lowest BCUT2D eigenvalue weighted by atomic mass is 9.98. The predicted molar refractivity (Wildman–Crippen MR) is 182 cm³/mol. The second-order valence-corrected chi connectivity index (χ2v) is 12.1. The van der Waals surface area contributed by atoms with Crippen LogP contribution < -0.4 is 5.32 Å². The summed E-state index contributed by atoms with van der Waals surface area (Å²) in [4.78, 5) is 30.2. The molecule has 0 bridgehead atoms. The van der Waals surface area contributed by atoms with E-state index >= 15 is 0 Å². The lowest BCUT2D eigenvalue weighted by Crippen LogP contribution is -2.38. The summed E-state index contributed by atoms with van der Waals surface area (Å²) in [6.07, 6.45) is 2.25. The van der Waals surface area contributed by atoms with Gasteiger partial charge >= 0.3 is 5.97 Å². The summed E-state index contributed by atoms with van der Waals surface area (Å²) in [5.41, 5.74) is 6.95. The number of halogens is 2. The van der Waals surface area contributed by atoms with Gasteiger partial charge in [-0.2, -0.15) is 12.6 Å². The summed E-state index contributed by atoms with van der Waals surface area (Å²) < 4.78 is 2.17. The van der Waals surface area contributed by atoms with Gasteiger partial charge in [0.05, 0.1) is 16.6 Å². The Hall–Kier alpha value is -3.78. The third kappa shape index (κ3) is 6.96. The number of rotatable bonds is 11. The van der Waals surface area contributed by atoms with E-state index in [2.05, 4.69) is 29.4 Å². The molecule has 0 unspecified atom stereocenters. The maximum absolute atomic E-state index is 13.5. The highest BCUT2D eigenvalue weighted by molar-refractivity contribution is 7.80. The number of nitrogens with one attached hydrogen (secondary N) is 1. The third-order valence-corrected chi connectivity index (χ3v) is 8.69. The molecule has 0 aliphatic rings. The number of aromatic carboxylic acids is 1. The molecule has 0 radical (unpaired) electrons. The van der Waals surface area contributed by atoms with Gasteiger partial charge < -0.3 is 15.0 Å². The van der Waals surface area contributed by atoms with E-state index in [1.165, 1.54) is 0 Å². The van der Waals surface area contributed by atoms with Crippen LogP contribution in [0.25, 0.3) is 22.2 Å². The number of imidazole rings is 1. The summed E-state index contributed by atoms with van der Waals surface area (Å²) in [5, 5.41) is 13.9. The van der Waals surface area contributed by atoms with Crippen LogP contribution in [0.3, 0.4) is 0 Å². The van der Waals surface area contributed by atoms with E-state index in [9.17, 15) is 14.7 Å². The van der Waals surface area contributed by atoms with Crippen molar-refractivity contribution in [2.75, 3.05) is 5.75 Å². The smallest absolute Gasteiger partial charge is 0.336 e. The number of aryl methyl sites for hydroxylation is 2. The van der Waals surface area contributed by atoms with E-state index in [4.69, 9.17) is 28.2 Å². The number of aromatic nitrogens is 2. The van der Waals surface area contributed by atoms with Crippen molar-refractivity contribution in [1.82, 2.24) is 14.9 Å². The van der Waals surface area contributed by atoms with E-state index in [1.807, 2.05) is 61.5 Å². The monoisotopic (exact) mass is 645 g/mol. The SMILES string of the molecule is CCCc1nc2c(C)cc(C(=O)N[C@@H](CS)Cc3ccc(Cl)cc3Cl)cc2n1Cc1ccc(-c2ccccc2C(=O)O)cc1. The molecule has 0 aliphatic carbocycles. The van der Waals surface area contributed by atoms with Crippen molar-refractivity contribution in [1.29, 1.82) is 0 Å². The summed E-state index contributed by atoms with van der Waals surface area (Å²) in [6.45, 7) is 4.66. The highest BCUT2D eigenvalue weighted by Crippen LogP contribution is 2.28. The lowest BCUT2D eigenvalue weighted by Gasteiger charge is -2.18. The van der Waals surface area contributed by atoms with Gasteiger partial charge in [-0.05, 0) is 77.9 Å². The number of carboxylic acids is 1. The molecule has 1 amide bonds. The lowest BCUT2D eigenvalue weighted by molar-refractivity contribution is 0.0697. The molecule has 9 heteroatoms. The average Bonchev–Trinajstić information content (AvgIpc) is 3.35. The summed E-state index contributed by atoms with van der Waals surface area (Å²) in [6, 6.07) is 23.8. The molecule has 2 N–H and O–H groups in total. The number of hydrogen-bond acceptors (Lipinski definition) is 4. The molecule has 0 saturated heterocycles. The Balaban J connectivity index is 1.43. The molecule has 44 heavy (non-hydrogen) atoms. The number of hydrogen-bond donors (Lipinski definition) is 3. The second kappa shape index (κ2) is 13.9. The maximum atomic E-state index is 13.5. The Labute approximate surface area is 272 Å². The molecule has 1 atom stereocenters. The fraction of sp³-hybridized carbons (Fsp3) is 0.229. The van der Waals surface area contributed by atoms with Crippen molar-refractivity contribution in [3.8, 4) is 11.1 Å². The topological polar surface area (TPSA) is 84.2 Å². The van der Waals surface area contributed by atoms with Crippen molar-refractivity contribution in [2.24, 2.45) is 0 Å². The van der Waals surface area contributed by atoms with Crippen LogP contribution >= 0.6 is 35.8 Å². The van der Waals surface area contributed by atoms with Gasteiger partial charge in [-0.1, -0.05) is 78.7 Å². The largest absolute Gasteiger partial charge is 0.478 e. The Morgan fingerprint density at radius 2 is 1.77 bits per heavy atom. The molecule has 1 heterocycles. The van der Waals surface area contributed by atoms with Crippen LogP contribution in [0.5, 0.6) is 0 Å². The molecule has 0 spiro atoms. The first-order chi connectivity index (χ1) is 21.2. The fourth-order valence-corrected chi connectivity index (χ4v) is 6.14. The zero-order valence-electron chi connectivity index (χ0n) is 24.5. The standard InChI is InChI=1S/C35H33Cl2N3O3S/c1-3-6-32-39-33-21(2)15-25(34(41)38-27(20-44)16-24-13-14-26(36)18-30(24)37)17-31(33)40(32)19-22-9-11-23(12-10-22)28-7-4-5-8-29(28)35(42)43/h4-5,7-15,17-18,27,44H,3,6,16,19-20H2,1-2H3,(H,38,41)(H,42,43)/t27-/m1/s1. The van der Waals surface area contributed by atoms with Gasteiger partial charge in [-0.25, -0.2) is 9.78 Å². The first-order valence-corrected chi connectivity index (χ1v) is 15.8. The van der Waals surface area contributed by atoms with Gasteiger partial charge in [0.25, 0.3) is 5.91 Å². The number of benzene rings is 4. The van der Waals surface area contributed by atoms with E-state index < -0.39 is 5.97 Å². The number of carbonyl (C=O) groups is 2. The zero-order valence-corrected chi connectivity index (χ0v) is 26.9. The third-order valence-electron chi connectivity index (χ3n) is 7.66. The number of carboxylic acid groups (broad SMARTS) is 1. The van der Waals surface area contributed by atoms with Gasteiger partial charge in [-0.15, -0.1) is 0 Å². The number of nitrogens with zero attached hydrogens (tertiary/aromatic N) is 2. The predicted octanol–water partition coefficient (Wildman–Crippen LogP) is 8.29. The summed E-state index contributed by atoms with van der Waals surface area (Å²) in [5.74, 6) is 0.250. The van der Waals surface area contributed by atoms with Gasteiger partial charge in [0.1, 0.15) is 5.82 Å². The van der Waals surface area contributed by atoms with Crippen LogP contribution in [-0.4, -0.2) is 38.3 Å². The maximum Gasteiger partial charge on any atom is 0.336 e. The van der Waals surface area contributed by atoms with E-state index in [0.29, 0.717) is 39.9 Å². The minimum absolute atomic E-state index is 0.189. The fourth-order valence-electron chi connectivity index (χ4n) is 5.44. The average molecular weight is 647 g/mol. The van der Waals surface area contributed by atoms with Crippen LogP contribution in [0, 0.1) is 6.92 Å².